The predicted octanol–water partition coefficient (Wildman–Crippen LogP) is 2.54. The quantitative estimate of drug-likeness (QED) is 0.321. The first-order valence-electron chi connectivity index (χ1n) is 9.32. The molecule has 0 aliphatic rings. The van der Waals surface area contributed by atoms with Crippen LogP contribution in [0.2, 0.25) is 5.02 Å². The summed E-state index contributed by atoms with van der Waals surface area (Å²) in [5.74, 6) is 0.136. The zero-order valence-electron chi connectivity index (χ0n) is 16.8. The fraction of sp³-hybridized carbons (Fsp3) is 0.100. The Morgan fingerprint density at radius 3 is 2.84 bits per heavy atom. The predicted molar refractivity (Wildman–Crippen MR) is 116 cm³/mol. The summed E-state index contributed by atoms with van der Waals surface area (Å²) in [6.07, 6.45) is 1.49. The van der Waals surface area contributed by atoms with Crippen LogP contribution in [0, 0.1) is 6.92 Å². The molecule has 3 N–H and O–H groups in total. The number of carbonyl (C=O) groups excluding carboxylic acids is 1. The molecule has 0 atom stereocenters. The third-order valence-electron chi connectivity index (χ3n) is 4.31. The van der Waals surface area contributed by atoms with Crippen LogP contribution in [0.4, 0.5) is 5.82 Å². The minimum absolute atomic E-state index is 0.0251. The highest BCUT2D eigenvalue weighted by Gasteiger charge is 2.22. The number of nitrogens with zero attached hydrogens (tertiary/aromatic N) is 6. The van der Waals surface area contributed by atoms with Crippen molar-refractivity contribution in [1.29, 1.82) is 0 Å². The highest BCUT2D eigenvalue weighted by molar-refractivity contribution is 6.30. The molecule has 0 radical (unpaired) electrons. The number of benzene rings is 2. The van der Waals surface area contributed by atoms with Gasteiger partial charge in [0.1, 0.15) is 12.4 Å². The van der Waals surface area contributed by atoms with Gasteiger partial charge in [-0.25, -0.2) is 10.1 Å². The van der Waals surface area contributed by atoms with Gasteiger partial charge in [-0.2, -0.15) is 9.78 Å². The van der Waals surface area contributed by atoms with E-state index in [-0.39, 0.29) is 17.3 Å². The van der Waals surface area contributed by atoms with Crippen LogP contribution in [0.5, 0.6) is 5.75 Å². The lowest BCUT2D eigenvalue weighted by molar-refractivity contribution is 0.0946. The minimum Gasteiger partial charge on any atom is -0.489 e. The largest absolute Gasteiger partial charge is 0.489 e. The third kappa shape index (κ3) is 4.73. The number of nitrogens with one attached hydrogen (secondary N) is 1. The fourth-order valence-electron chi connectivity index (χ4n) is 2.75. The fourth-order valence-corrected chi connectivity index (χ4v) is 2.88. The zero-order valence-corrected chi connectivity index (χ0v) is 17.5. The van der Waals surface area contributed by atoms with Gasteiger partial charge in [-0.05, 0) is 52.6 Å². The number of nitrogen functional groups attached to an aromatic ring is 1. The van der Waals surface area contributed by atoms with E-state index in [0.717, 1.165) is 15.8 Å². The molecule has 0 aliphatic heterocycles. The molecule has 0 saturated heterocycles. The number of aromatic nitrogens is 5. The van der Waals surface area contributed by atoms with Crippen LogP contribution in [0.1, 0.15) is 27.3 Å². The molecule has 0 aliphatic carbocycles. The highest BCUT2D eigenvalue weighted by Crippen LogP contribution is 2.17. The van der Waals surface area contributed by atoms with Crippen LogP contribution in [0.15, 0.2) is 58.3 Å². The second-order valence-corrected chi connectivity index (χ2v) is 7.03. The number of rotatable bonds is 7. The summed E-state index contributed by atoms with van der Waals surface area (Å²) < 4.78 is 11.5. The van der Waals surface area contributed by atoms with E-state index < -0.39 is 5.91 Å². The second-order valence-electron chi connectivity index (χ2n) is 6.60. The lowest BCUT2D eigenvalue weighted by Gasteiger charge is -2.07. The number of halogens is 1. The lowest BCUT2D eigenvalue weighted by atomic mass is 10.2. The molecule has 4 aromatic rings. The number of hydrazone groups is 1. The average molecular weight is 453 g/mol. The third-order valence-corrected chi connectivity index (χ3v) is 4.56. The number of hydrogen-bond acceptors (Lipinski definition) is 9. The van der Waals surface area contributed by atoms with Crippen LogP contribution >= 0.6 is 11.6 Å². The Morgan fingerprint density at radius 1 is 1.28 bits per heavy atom. The maximum atomic E-state index is 12.6. The minimum atomic E-state index is -0.554. The van der Waals surface area contributed by atoms with E-state index in [1.54, 1.807) is 13.0 Å². The Kier molecular flexibility index (Phi) is 6.08. The molecule has 0 bridgehead atoms. The maximum Gasteiger partial charge on any atom is 0.292 e. The average Bonchev–Trinajstić information content (AvgIpc) is 3.38. The first-order valence-corrected chi connectivity index (χ1v) is 9.70. The number of amides is 1. The molecule has 2 aromatic carbocycles. The van der Waals surface area contributed by atoms with Crippen LogP contribution in [-0.4, -0.2) is 37.4 Å². The number of carbonyl (C=O) groups is 1. The van der Waals surface area contributed by atoms with Gasteiger partial charge in [0.25, 0.3) is 5.91 Å². The van der Waals surface area contributed by atoms with Gasteiger partial charge in [-0.1, -0.05) is 41.1 Å². The van der Waals surface area contributed by atoms with E-state index >= 15 is 0 Å². The molecule has 11 nitrogen and oxygen atoms in total. The van der Waals surface area contributed by atoms with Crippen molar-refractivity contribution in [3.8, 4) is 11.6 Å². The van der Waals surface area contributed by atoms with E-state index in [4.69, 9.17) is 22.1 Å². The SMILES string of the molecule is Cc1nnn(-c2nonc2N)c1C(=O)NN=Cc1cccc(OCc2ccc(Cl)cc2)c1. The summed E-state index contributed by atoms with van der Waals surface area (Å²) >= 11 is 5.89. The number of ether oxygens (including phenoxy) is 1. The Balaban J connectivity index is 1.41. The molecule has 2 heterocycles. The molecule has 0 unspecified atom stereocenters. The van der Waals surface area contributed by atoms with Crippen molar-refractivity contribution >= 4 is 29.5 Å². The van der Waals surface area contributed by atoms with Crippen LogP contribution < -0.4 is 15.9 Å². The van der Waals surface area contributed by atoms with Gasteiger partial charge in [-0.15, -0.1) is 5.10 Å². The normalized spacial score (nSPS) is 11.1. The van der Waals surface area contributed by atoms with Crippen LogP contribution in [0.25, 0.3) is 5.82 Å². The Hall–Kier alpha value is -4.25. The van der Waals surface area contributed by atoms with Gasteiger partial charge in [0.2, 0.25) is 11.6 Å². The number of aryl methyl sites for hydroxylation is 1. The molecule has 162 valence electrons. The monoisotopic (exact) mass is 452 g/mol. The molecule has 0 spiro atoms. The molecule has 12 heteroatoms. The van der Waals surface area contributed by atoms with Gasteiger partial charge in [-0.3, -0.25) is 4.79 Å². The highest BCUT2D eigenvalue weighted by atomic mass is 35.5. The Labute approximate surface area is 186 Å². The molecular weight excluding hydrogens is 436 g/mol. The molecule has 2 aromatic heterocycles. The van der Waals surface area contributed by atoms with Crippen molar-refractivity contribution in [2.75, 3.05) is 5.73 Å². The molecule has 4 rings (SSSR count). The van der Waals surface area contributed by atoms with E-state index in [1.165, 1.54) is 6.21 Å². The summed E-state index contributed by atoms with van der Waals surface area (Å²) in [5, 5.41) is 19.5. The lowest BCUT2D eigenvalue weighted by Crippen LogP contribution is -2.22. The molecule has 0 saturated carbocycles. The molecule has 32 heavy (non-hydrogen) atoms. The molecule has 0 fully saturated rings. The van der Waals surface area contributed by atoms with Crippen molar-refractivity contribution in [3.05, 3.63) is 76.1 Å². The van der Waals surface area contributed by atoms with Crippen molar-refractivity contribution < 1.29 is 14.2 Å². The van der Waals surface area contributed by atoms with Crippen molar-refractivity contribution in [1.82, 2.24) is 30.7 Å². The first kappa shape index (κ1) is 21.0. The van der Waals surface area contributed by atoms with Gasteiger partial charge in [0, 0.05) is 5.02 Å². The maximum absolute atomic E-state index is 12.6. The Bertz CT molecular complexity index is 1270. The Morgan fingerprint density at radius 2 is 2.09 bits per heavy atom. The van der Waals surface area contributed by atoms with Gasteiger partial charge >= 0.3 is 0 Å². The van der Waals surface area contributed by atoms with Crippen molar-refractivity contribution in [3.63, 3.8) is 0 Å². The van der Waals surface area contributed by atoms with Crippen LogP contribution in [-0.2, 0) is 6.61 Å². The van der Waals surface area contributed by atoms with E-state index in [9.17, 15) is 4.79 Å². The zero-order chi connectivity index (χ0) is 22.5. The van der Waals surface area contributed by atoms with Crippen LogP contribution in [0.3, 0.4) is 0 Å². The number of anilines is 1. The summed E-state index contributed by atoms with van der Waals surface area (Å²) in [4.78, 5) is 12.6. The van der Waals surface area contributed by atoms with Gasteiger partial charge in [0.05, 0.1) is 11.9 Å². The van der Waals surface area contributed by atoms with Gasteiger partial charge < -0.3 is 10.5 Å². The molecule has 1 amide bonds. The van der Waals surface area contributed by atoms with Crippen molar-refractivity contribution in [2.45, 2.75) is 13.5 Å². The smallest absolute Gasteiger partial charge is 0.292 e. The summed E-state index contributed by atoms with van der Waals surface area (Å²) in [7, 11) is 0. The van der Waals surface area contributed by atoms with E-state index in [2.05, 4.69) is 35.8 Å². The summed E-state index contributed by atoms with van der Waals surface area (Å²) in [5.41, 5.74) is 10.3. The summed E-state index contributed by atoms with van der Waals surface area (Å²) in [6.45, 7) is 2.01. The number of hydrogen-bond donors (Lipinski definition) is 2. The van der Waals surface area contributed by atoms with Crippen molar-refractivity contribution in [2.24, 2.45) is 5.10 Å². The second kappa shape index (κ2) is 9.27. The standard InChI is InChI=1S/C20H17ClN8O3/c1-12-17(29(28-24-12)19-18(22)26-32-27-19)20(30)25-23-10-14-3-2-4-16(9-14)31-11-13-5-7-15(21)8-6-13/h2-10H,11H2,1H3,(H2,22,26)(H,25,30). The molecular formula is C20H17ClN8O3. The van der Waals surface area contributed by atoms with E-state index in [1.807, 2.05) is 42.5 Å². The van der Waals surface area contributed by atoms with E-state index in [0.29, 0.717) is 23.1 Å². The summed E-state index contributed by atoms with van der Waals surface area (Å²) in [6, 6.07) is 14.7. The first-order chi connectivity index (χ1) is 15.5. The number of nitrogens with two attached hydrogens (primary N) is 1. The van der Waals surface area contributed by atoms with Gasteiger partial charge in [0.15, 0.2) is 5.69 Å². The topological polar surface area (TPSA) is 146 Å².